The predicted molar refractivity (Wildman–Crippen MR) is 124 cm³/mol. The minimum absolute atomic E-state index is 0.123. The zero-order valence-corrected chi connectivity index (χ0v) is 20.5. The van der Waals surface area contributed by atoms with Gasteiger partial charge in [0.25, 0.3) is 0 Å². The van der Waals surface area contributed by atoms with Crippen LogP contribution in [0.4, 0.5) is 0 Å². The number of para-hydroxylation sites is 2. The summed E-state index contributed by atoms with van der Waals surface area (Å²) in [5.41, 5.74) is 2.94. The fourth-order valence-electron chi connectivity index (χ4n) is 4.61. The summed E-state index contributed by atoms with van der Waals surface area (Å²) in [4.78, 5) is 0. The van der Waals surface area contributed by atoms with E-state index in [1.54, 1.807) is 0 Å². The third-order valence-electron chi connectivity index (χ3n) is 4.87. The first kappa shape index (κ1) is 24.8. The van der Waals surface area contributed by atoms with Crippen molar-refractivity contribution in [2.75, 3.05) is 5.34 Å². The zero-order chi connectivity index (χ0) is 21.9. The van der Waals surface area contributed by atoms with Gasteiger partial charge in [0.15, 0.2) is 11.0 Å². The molecule has 2 rings (SSSR count). The molecule has 0 unspecified atom stereocenters. The van der Waals surface area contributed by atoms with Crippen LogP contribution in [-0.4, -0.2) is 26.1 Å². The van der Waals surface area contributed by atoms with E-state index in [1.807, 2.05) is 38.4 Å². The number of alkyl halides is 2. The number of hydrogen-bond acceptors (Lipinski definition) is 2. The van der Waals surface area contributed by atoms with E-state index in [4.69, 9.17) is 23.2 Å². The molecule has 1 aromatic carbocycles. The van der Waals surface area contributed by atoms with Gasteiger partial charge in [-0.05, 0) is 22.4 Å². The molecule has 0 N–H and O–H groups in total. The molecule has 0 atom stereocenters. The number of benzene rings is 1. The molecule has 0 radical (unpaired) electrons. The highest BCUT2D eigenvalue weighted by Crippen LogP contribution is 2.64. The Bertz CT molecular complexity index is 847. The van der Waals surface area contributed by atoms with Gasteiger partial charge in [-0.15, -0.1) is 35.1 Å². The van der Waals surface area contributed by atoms with Crippen molar-refractivity contribution >= 4 is 53.6 Å². The molecule has 0 amide bonds. The number of nitriles is 2. The molecule has 28 heavy (non-hydrogen) atoms. The quantitative estimate of drug-likeness (QED) is 0.293. The molecule has 0 saturated carbocycles. The maximum atomic E-state index is 10.3. The second-order valence-electron chi connectivity index (χ2n) is 8.86. The minimum atomic E-state index is -2.04. The molecule has 0 fully saturated rings. The average Bonchev–Trinajstić information content (AvgIpc) is 2.83. The zero-order valence-electron chi connectivity index (χ0n) is 18.1. The third-order valence-corrected chi connectivity index (χ3v) is 9.00. The predicted octanol–water partition coefficient (Wildman–Crippen LogP) is 4.78. The Morgan fingerprint density at radius 3 is 1.82 bits per heavy atom. The van der Waals surface area contributed by atoms with Crippen LogP contribution < -0.4 is 10.3 Å². The van der Waals surface area contributed by atoms with Crippen molar-refractivity contribution in [3.8, 4) is 11.9 Å². The van der Waals surface area contributed by atoms with E-state index >= 15 is 0 Å². The number of rotatable bonds is 2. The molecular formula is C20H30BCl2N4P. The second-order valence-corrected chi connectivity index (χ2v) is 13.9. The van der Waals surface area contributed by atoms with Crippen molar-refractivity contribution in [3.63, 3.8) is 0 Å². The lowest BCUT2D eigenvalue weighted by Crippen LogP contribution is -2.65. The largest absolute Gasteiger partial charge is 0.339 e. The summed E-state index contributed by atoms with van der Waals surface area (Å²) in [6.07, 6.45) is 0. The third kappa shape index (κ3) is 4.49. The lowest BCUT2D eigenvalue weighted by atomic mass is 9.49. The number of halogens is 2. The van der Waals surface area contributed by atoms with Crippen LogP contribution in [0.5, 0.6) is 0 Å². The van der Waals surface area contributed by atoms with E-state index in [2.05, 4.69) is 62.6 Å². The Labute approximate surface area is 180 Å². The molecule has 0 aliphatic rings. The van der Waals surface area contributed by atoms with Gasteiger partial charge in [-0.2, -0.15) is 0 Å². The number of aromatic nitrogens is 2. The van der Waals surface area contributed by atoms with Crippen molar-refractivity contribution in [1.29, 1.82) is 10.5 Å². The van der Waals surface area contributed by atoms with Crippen molar-refractivity contribution in [1.82, 2.24) is 4.57 Å². The standard InChI is InChI=1S/C19H28BN4P.CH2Cl2/c1-18(2,3)25(19(4,5)6)20(13-21,14-22)17-23(7)15-11-9-10-12-16(15)24(17)8;2-1-3/h9-12H,1-8H3;1H2. The van der Waals surface area contributed by atoms with Crippen molar-refractivity contribution in [2.24, 2.45) is 14.1 Å². The molecular weight excluding hydrogens is 409 g/mol. The summed E-state index contributed by atoms with van der Waals surface area (Å²) in [6, 6.07) is 8.08. The minimum Gasteiger partial charge on any atom is -0.264 e. The number of fused-ring (bicyclic) bond motifs is 1. The molecule has 8 heteroatoms. The molecule has 4 nitrogen and oxygen atoms in total. The van der Waals surface area contributed by atoms with Gasteiger partial charge in [0.05, 0.1) is 19.4 Å². The topological polar surface area (TPSA) is 56.4 Å². The molecule has 152 valence electrons. The van der Waals surface area contributed by atoms with Crippen LogP contribution in [0, 0.1) is 22.5 Å². The van der Waals surface area contributed by atoms with Crippen LogP contribution >= 0.6 is 31.0 Å². The van der Waals surface area contributed by atoms with Gasteiger partial charge in [0.1, 0.15) is 5.72 Å². The Hall–Kier alpha value is -1.26. The monoisotopic (exact) mass is 438 g/mol. The number of hydrogen-bond donors (Lipinski definition) is 0. The first-order valence-corrected chi connectivity index (χ1v) is 11.6. The van der Waals surface area contributed by atoms with Crippen LogP contribution in [0.2, 0.25) is 0 Å². The molecule has 0 bridgehead atoms. The first-order chi connectivity index (χ1) is 12.8. The number of aryl methyl sites for hydroxylation is 2. The average molecular weight is 439 g/mol. The van der Waals surface area contributed by atoms with E-state index < -0.39 is 13.7 Å². The molecule has 1 heterocycles. The number of imidazole rings is 1. The SMILES string of the molecule is ClCCl.Cn1c([B-](C#N)(C#N)P(C(C)(C)C)C(C)(C)C)[n+](C)c2ccccc21. The summed E-state index contributed by atoms with van der Waals surface area (Å²) < 4.78 is 4.10. The highest BCUT2D eigenvalue weighted by atomic mass is 35.5. The van der Waals surface area contributed by atoms with Gasteiger partial charge in [-0.3, -0.25) is 9.13 Å². The van der Waals surface area contributed by atoms with Gasteiger partial charge in [0, 0.05) is 0 Å². The Kier molecular flexibility index (Phi) is 8.01. The van der Waals surface area contributed by atoms with E-state index in [9.17, 15) is 10.5 Å². The van der Waals surface area contributed by atoms with E-state index in [0.717, 1.165) is 16.8 Å². The van der Waals surface area contributed by atoms with Gasteiger partial charge in [0.2, 0.25) is 0 Å². The van der Waals surface area contributed by atoms with Crippen LogP contribution in [0.1, 0.15) is 41.5 Å². The van der Waals surface area contributed by atoms with Crippen LogP contribution in [0.3, 0.4) is 0 Å². The Morgan fingerprint density at radius 2 is 1.46 bits per heavy atom. The molecule has 0 aliphatic heterocycles. The van der Waals surface area contributed by atoms with Crippen LogP contribution in [0.15, 0.2) is 24.3 Å². The van der Waals surface area contributed by atoms with Gasteiger partial charge in [-0.25, -0.2) is 18.3 Å². The van der Waals surface area contributed by atoms with E-state index in [0.29, 0.717) is 0 Å². The highest BCUT2D eigenvalue weighted by Gasteiger charge is 2.52. The van der Waals surface area contributed by atoms with E-state index in [-0.39, 0.29) is 15.7 Å². The van der Waals surface area contributed by atoms with Crippen molar-refractivity contribution in [2.45, 2.75) is 51.9 Å². The summed E-state index contributed by atoms with van der Waals surface area (Å²) in [7, 11) is 3.01. The lowest BCUT2D eigenvalue weighted by molar-refractivity contribution is -0.627. The van der Waals surface area contributed by atoms with Gasteiger partial charge >= 0.3 is 5.87 Å². The molecule has 0 spiro atoms. The summed E-state index contributed by atoms with van der Waals surface area (Å²) in [5.74, 6) is 3.01. The number of nitrogens with zero attached hydrogens (tertiary/aromatic N) is 4. The molecule has 0 aliphatic carbocycles. The molecule has 0 saturated heterocycles. The van der Waals surface area contributed by atoms with E-state index in [1.165, 1.54) is 0 Å². The van der Waals surface area contributed by atoms with Crippen molar-refractivity contribution < 1.29 is 4.57 Å². The summed E-state index contributed by atoms with van der Waals surface area (Å²) in [5, 5.41) is 20.6. The fraction of sp³-hybridized carbons (Fsp3) is 0.550. The van der Waals surface area contributed by atoms with Gasteiger partial charge < -0.3 is 0 Å². The lowest BCUT2D eigenvalue weighted by Gasteiger charge is -2.52. The Morgan fingerprint density at radius 1 is 1.04 bits per heavy atom. The molecule has 1 aromatic heterocycles. The summed E-state index contributed by atoms with van der Waals surface area (Å²) >= 11 is 9.53. The molecule has 2 aromatic rings. The summed E-state index contributed by atoms with van der Waals surface area (Å²) in [6.45, 7) is 13.0. The maximum absolute atomic E-state index is 10.3. The smallest absolute Gasteiger partial charge is 0.264 e. The van der Waals surface area contributed by atoms with Gasteiger partial charge in [-0.1, -0.05) is 53.7 Å². The Balaban J connectivity index is 0.00000122. The maximum Gasteiger partial charge on any atom is 0.339 e. The highest BCUT2D eigenvalue weighted by molar-refractivity contribution is 8.01. The van der Waals surface area contributed by atoms with Crippen LogP contribution in [-0.2, 0) is 14.1 Å². The fourth-order valence-corrected chi connectivity index (χ4v) is 9.75. The van der Waals surface area contributed by atoms with Crippen LogP contribution in [0.25, 0.3) is 11.0 Å². The van der Waals surface area contributed by atoms with Crippen molar-refractivity contribution in [3.05, 3.63) is 24.3 Å². The first-order valence-electron chi connectivity index (χ1n) is 9.17. The normalized spacial score (nSPS) is 12.3. The second kappa shape index (κ2) is 9.05.